The van der Waals surface area contributed by atoms with Crippen molar-refractivity contribution in [2.45, 2.75) is 53.1 Å². The Kier molecular flexibility index (Phi) is 5.64. The normalized spacial score (nSPS) is 13.2. The second-order valence-electron chi connectivity index (χ2n) is 6.93. The summed E-state index contributed by atoms with van der Waals surface area (Å²) in [5, 5.41) is 0.710. The van der Waals surface area contributed by atoms with E-state index < -0.39 is 0 Å². The standard InChI is InChI=1S/C21H23N3O.C2H6/c1-4-24-13-14(2)20(25)19-11-18(12-22-21(19)24)23(3)17-9-15-7-5-6-8-16(15)10-17;1-2/h5-8,11-13,17H,4,9-10H2,1-3H3;1-2H3. The molecule has 0 atom stereocenters. The monoisotopic (exact) mass is 363 g/mol. The van der Waals surface area contributed by atoms with E-state index in [-0.39, 0.29) is 5.43 Å². The van der Waals surface area contributed by atoms with Crippen molar-refractivity contribution in [1.29, 1.82) is 0 Å². The van der Waals surface area contributed by atoms with Crippen molar-refractivity contribution in [2.75, 3.05) is 11.9 Å². The van der Waals surface area contributed by atoms with Gasteiger partial charge in [-0.25, -0.2) is 4.98 Å². The molecule has 0 spiro atoms. The predicted octanol–water partition coefficient (Wildman–Crippen LogP) is 4.35. The molecule has 3 aromatic rings. The Labute approximate surface area is 161 Å². The third-order valence-electron chi connectivity index (χ3n) is 5.40. The molecule has 0 bridgehead atoms. The quantitative estimate of drug-likeness (QED) is 0.694. The topological polar surface area (TPSA) is 38.1 Å². The molecule has 4 rings (SSSR count). The van der Waals surface area contributed by atoms with E-state index in [2.05, 4.69) is 48.1 Å². The molecule has 0 aliphatic heterocycles. The summed E-state index contributed by atoms with van der Waals surface area (Å²) in [6, 6.07) is 11.1. The molecule has 2 heterocycles. The summed E-state index contributed by atoms with van der Waals surface area (Å²) >= 11 is 0. The van der Waals surface area contributed by atoms with Crippen molar-refractivity contribution in [3.63, 3.8) is 0 Å². The first-order valence-electron chi connectivity index (χ1n) is 9.88. The minimum Gasteiger partial charge on any atom is -0.370 e. The summed E-state index contributed by atoms with van der Waals surface area (Å²) in [7, 11) is 2.10. The summed E-state index contributed by atoms with van der Waals surface area (Å²) in [6.45, 7) is 8.75. The molecule has 142 valence electrons. The SMILES string of the molecule is CC.CCn1cc(C)c(=O)c2cc(N(C)C3Cc4ccccc4C3)cnc21. The molecule has 0 fully saturated rings. The highest BCUT2D eigenvalue weighted by atomic mass is 16.1. The number of aromatic nitrogens is 2. The molecule has 0 amide bonds. The third-order valence-corrected chi connectivity index (χ3v) is 5.40. The Morgan fingerprint density at radius 3 is 2.41 bits per heavy atom. The second kappa shape index (κ2) is 7.95. The van der Waals surface area contributed by atoms with E-state index in [4.69, 9.17) is 0 Å². The fourth-order valence-electron chi connectivity index (χ4n) is 3.86. The minimum absolute atomic E-state index is 0.0807. The lowest BCUT2D eigenvalue weighted by molar-refractivity contribution is 0.666. The molecule has 0 saturated carbocycles. The zero-order valence-electron chi connectivity index (χ0n) is 17.0. The van der Waals surface area contributed by atoms with E-state index in [1.807, 2.05) is 43.8 Å². The predicted molar refractivity (Wildman–Crippen MR) is 114 cm³/mol. The fraction of sp³-hybridized carbons (Fsp3) is 0.391. The Morgan fingerprint density at radius 2 is 1.81 bits per heavy atom. The fourth-order valence-corrected chi connectivity index (χ4v) is 3.86. The first kappa shape index (κ1) is 19.2. The molecule has 0 saturated heterocycles. The summed E-state index contributed by atoms with van der Waals surface area (Å²) in [5.41, 5.74) is 5.48. The third kappa shape index (κ3) is 3.48. The highest BCUT2D eigenvalue weighted by molar-refractivity contribution is 5.79. The van der Waals surface area contributed by atoms with Crippen LogP contribution in [0.25, 0.3) is 11.0 Å². The Hall–Kier alpha value is -2.62. The van der Waals surface area contributed by atoms with Gasteiger partial charge < -0.3 is 9.47 Å². The van der Waals surface area contributed by atoms with Gasteiger partial charge in [0.05, 0.1) is 17.3 Å². The zero-order chi connectivity index (χ0) is 19.6. The van der Waals surface area contributed by atoms with Gasteiger partial charge in [-0.3, -0.25) is 4.79 Å². The highest BCUT2D eigenvalue weighted by Crippen LogP contribution is 2.28. The summed E-state index contributed by atoms with van der Waals surface area (Å²) < 4.78 is 2.04. The van der Waals surface area contributed by atoms with E-state index in [9.17, 15) is 4.79 Å². The maximum Gasteiger partial charge on any atom is 0.193 e. The molecule has 4 nitrogen and oxygen atoms in total. The van der Waals surface area contributed by atoms with Crippen LogP contribution in [-0.4, -0.2) is 22.6 Å². The molecular weight excluding hydrogens is 334 g/mol. The van der Waals surface area contributed by atoms with Crippen molar-refractivity contribution >= 4 is 16.7 Å². The number of fused-ring (bicyclic) bond motifs is 2. The molecule has 1 aliphatic carbocycles. The number of pyridine rings is 2. The van der Waals surface area contributed by atoms with E-state index in [0.717, 1.165) is 36.3 Å². The molecule has 0 N–H and O–H groups in total. The lowest BCUT2D eigenvalue weighted by Crippen LogP contribution is -2.32. The van der Waals surface area contributed by atoms with Crippen LogP contribution in [0.5, 0.6) is 0 Å². The van der Waals surface area contributed by atoms with Gasteiger partial charge in [-0.05, 0) is 43.9 Å². The van der Waals surface area contributed by atoms with Gasteiger partial charge in [0.15, 0.2) is 5.43 Å². The van der Waals surface area contributed by atoms with Gasteiger partial charge in [-0.15, -0.1) is 0 Å². The minimum atomic E-state index is 0.0807. The second-order valence-corrected chi connectivity index (χ2v) is 6.93. The zero-order valence-corrected chi connectivity index (χ0v) is 17.0. The number of likely N-dealkylation sites (N-methyl/N-ethyl adjacent to an activating group) is 1. The van der Waals surface area contributed by atoms with Crippen molar-refractivity contribution in [1.82, 2.24) is 9.55 Å². The summed E-state index contributed by atoms with van der Waals surface area (Å²) in [6.07, 6.45) is 5.87. The van der Waals surface area contributed by atoms with Crippen LogP contribution >= 0.6 is 0 Å². The average molecular weight is 364 g/mol. The van der Waals surface area contributed by atoms with Gasteiger partial charge in [-0.1, -0.05) is 38.1 Å². The van der Waals surface area contributed by atoms with Crippen LogP contribution in [0.2, 0.25) is 0 Å². The van der Waals surface area contributed by atoms with E-state index in [1.165, 1.54) is 11.1 Å². The van der Waals surface area contributed by atoms with Crippen LogP contribution in [0.3, 0.4) is 0 Å². The van der Waals surface area contributed by atoms with E-state index in [1.54, 1.807) is 0 Å². The number of anilines is 1. The van der Waals surface area contributed by atoms with E-state index >= 15 is 0 Å². The molecule has 1 aromatic carbocycles. The van der Waals surface area contributed by atoms with Crippen LogP contribution in [0.1, 0.15) is 37.5 Å². The number of hydrogen-bond donors (Lipinski definition) is 0. The lowest BCUT2D eigenvalue weighted by Gasteiger charge is -2.26. The van der Waals surface area contributed by atoms with Crippen LogP contribution < -0.4 is 10.3 Å². The maximum absolute atomic E-state index is 12.6. The van der Waals surface area contributed by atoms with E-state index in [0.29, 0.717) is 11.4 Å². The van der Waals surface area contributed by atoms with Crippen LogP contribution in [0.4, 0.5) is 5.69 Å². The average Bonchev–Trinajstić information content (AvgIpc) is 3.15. The van der Waals surface area contributed by atoms with Gasteiger partial charge in [-0.2, -0.15) is 0 Å². The van der Waals surface area contributed by atoms with Crippen LogP contribution in [0, 0.1) is 6.92 Å². The highest BCUT2D eigenvalue weighted by Gasteiger charge is 2.25. The molecule has 4 heteroatoms. The Morgan fingerprint density at radius 1 is 1.19 bits per heavy atom. The Bertz CT molecular complexity index is 981. The molecule has 1 aliphatic rings. The molecule has 2 aromatic heterocycles. The number of benzene rings is 1. The lowest BCUT2D eigenvalue weighted by atomic mass is 10.1. The van der Waals surface area contributed by atoms with Crippen LogP contribution in [0.15, 0.2) is 47.5 Å². The van der Waals surface area contributed by atoms with Crippen LogP contribution in [-0.2, 0) is 19.4 Å². The van der Waals surface area contributed by atoms with Crippen molar-refractivity contribution < 1.29 is 0 Å². The largest absolute Gasteiger partial charge is 0.370 e. The van der Waals surface area contributed by atoms with Gasteiger partial charge in [0.1, 0.15) is 5.65 Å². The van der Waals surface area contributed by atoms with Crippen molar-refractivity contribution in [3.8, 4) is 0 Å². The number of nitrogens with zero attached hydrogens (tertiary/aromatic N) is 3. The maximum atomic E-state index is 12.6. The van der Waals surface area contributed by atoms with Crippen molar-refractivity contribution in [2.24, 2.45) is 0 Å². The Balaban J connectivity index is 0.00000102. The molecule has 27 heavy (non-hydrogen) atoms. The molecule has 0 unspecified atom stereocenters. The number of rotatable bonds is 3. The van der Waals surface area contributed by atoms with Gasteiger partial charge >= 0.3 is 0 Å². The smallest absolute Gasteiger partial charge is 0.193 e. The van der Waals surface area contributed by atoms with Gasteiger partial charge in [0.2, 0.25) is 0 Å². The van der Waals surface area contributed by atoms with Gasteiger partial charge in [0, 0.05) is 31.4 Å². The number of hydrogen-bond acceptors (Lipinski definition) is 3. The van der Waals surface area contributed by atoms with Crippen molar-refractivity contribution in [3.05, 3.63) is 69.6 Å². The molecular formula is C23H29N3O. The first-order chi connectivity index (χ1) is 13.1. The summed E-state index contributed by atoms with van der Waals surface area (Å²) in [4.78, 5) is 19.5. The summed E-state index contributed by atoms with van der Waals surface area (Å²) in [5.74, 6) is 0. The van der Waals surface area contributed by atoms with Gasteiger partial charge in [0.25, 0.3) is 0 Å². The first-order valence-corrected chi connectivity index (χ1v) is 9.88. The number of aryl methyl sites for hydroxylation is 2. The molecule has 0 radical (unpaired) electrons.